The number of aromatic nitrogens is 1. The quantitative estimate of drug-likeness (QED) is 0.418. The summed E-state index contributed by atoms with van der Waals surface area (Å²) in [5.74, 6) is -0.355. The summed E-state index contributed by atoms with van der Waals surface area (Å²) in [6.07, 6.45) is 5.26. The van der Waals surface area contributed by atoms with Crippen LogP contribution in [0.5, 0.6) is 0 Å². The fraction of sp³-hybridized carbons (Fsp3) is 0.250. The van der Waals surface area contributed by atoms with Crippen LogP contribution in [0.15, 0.2) is 37.4 Å². The van der Waals surface area contributed by atoms with Crippen LogP contribution in [0.25, 0.3) is 0 Å². The molecule has 0 N–H and O–H groups in total. The molecule has 0 aromatic carbocycles. The van der Waals surface area contributed by atoms with Gasteiger partial charge in [0.2, 0.25) is 0 Å². The summed E-state index contributed by atoms with van der Waals surface area (Å²) in [6, 6.07) is 3.31. The van der Waals surface area contributed by atoms with E-state index in [1.807, 2.05) is 0 Å². The van der Waals surface area contributed by atoms with Gasteiger partial charge in [-0.3, -0.25) is 14.6 Å². The molecule has 4 nitrogen and oxygen atoms in total. The van der Waals surface area contributed by atoms with Crippen LogP contribution in [0.2, 0.25) is 0 Å². The van der Waals surface area contributed by atoms with Gasteiger partial charge >= 0.3 is 5.97 Å². The van der Waals surface area contributed by atoms with Crippen LogP contribution in [-0.4, -0.2) is 16.7 Å². The number of ether oxygens (including phenoxy) is 1. The standard InChI is InChI=1S/C12H13NO3/c1-2-16-12(15)5-3-4-11(14)10-6-8-13-9-7-10/h2,6-9H,1,3-5H2. The zero-order chi connectivity index (χ0) is 11.8. The molecule has 0 aliphatic rings. The molecule has 1 aromatic rings. The van der Waals surface area contributed by atoms with E-state index in [4.69, 9.17) is 0 Å². The molecular formula is C12H13NO3. The molecule has 0 aliphatic heterocycles. The van der Waals surface area contributed by atoms with Crippen molar-refractivity contribution in [2.75, 3.05) is 0 Å². The molecule has 1 aromatic heterocycles. The van der Waals surface area contributed by atoms with E-state index in [1.54, 1.807) is 24.5 Å². The molecule has 0 atom stereocenters. The maximum absolute atomic E-state index is 11.6. The molecule has 0 unspecified atom stereocenters. The lowest BCUT2D eigenvalue weighted by Crippen LogP contribution is -2.03. The van der Waals surface area contributed by atoms with Gasteiger partial charge in [0, 0.05) is 30.8 Å². The number of Topliss-reactive ketones (excluding diaryl/α,β-unsaturated/α-hetero) is 1. The Bertz CT molecular complexity index is 373. The smallest absolute Gasteiger partial charge is 0.310 e. The first-order valence-electron chi connectivity index (χ1n) is 4.97. The number of ketones is 1. The second-order valence-electron chi connectivity index (χ2n) is 3.17. The highest BCUT2D eigenvalue weighted by Crippen LogP contribution is 2.06. The summed E-state index contributed by atoms with van der Waals surface area (Å²) < 4.78 is 4.53. The highest BCUT2D eigenvalue weighted by atomic mass is 16.5. The summed E-state index contributed by atoms with van der Waals surface area (Å²) >= 11 is 0. The van der Waals surface area contributed by atoms with E-state index >= 15 is 0 Å². The van der Waals surface area contributed by atoms with Crippen molar-refractivity contribution in [1.82, 2.24) is 4.98 Å². The van der Waals surface area contributed by atoms with Crippen molar-refractivity contribution in [2.24, 2.45) is 0 Å². The van der Waals surface area contributed by atoms with Gasteiger partial charge in [0.05, 0.1) is 6.26 Å². The fourth-order valence-corrected chi connectivity index (χ4v) is 1.23. The number of carbonyl (C=O) groups excluding carboxylic acids is 2. The van der Waals surface area contributed by atoms with E-state index in [0.717, 1.165) is 6.26 Å². The highest BCUT2D eigenvalue weighted by Gasteiger charge is 2.07. The van der Waals surface area contributed by atoms with Crippen LogP contribution in [-0.2, 0) is 9.53 Å². The van der Waals surface area contributed by atoms with Crippen LogP contribution >= 0.6 is 0 Å². The third-order valence-electron chi connectivity index (χ3n) is 2.00. The van der Waals surface area contributed by atoms with Crippen molar-refractivity contribution in [3.63, 3.8) is 0 Å². The molecule has 0 aliphatic carbocycles. The van der Waals surface area contributed by atoms with Gasteiger partial charge in [-0.25, -0.2) is 0 Å². The minimum Gasteiger partial charge on any atom is -0.435 e. The SMILES string of the molecule is C=COC(=O)CCCC(=O)c1ccncc1. The van der Waals surface area contributed by atoms with Crippen molar-refractivity contribution >= 4 is 11.8 Å². The molecule has 0 saturated carbocycles. The van der Waals surface area contributed by atoms with Gasteiger partial charge < -0.3 is 4.74 Å². The molecule has 0 spiro atoms. The summed E-state index contributed by atoms with van der Waals surface area (Å²) in [4.78, 5) is 26.4. The first kappa shape index (κ1) is 12.1. The van der Waals surface area contributed by atoms with Crippen molar-refractivity contribution in [1.29, 1.82) is 0 Å². The number of esters is 1. The summed E-state index contributed by atoms with van der Waals surface area (Å²) in [6.45, 7) is 3.27. The lowest BCUT2D eigenvalue weighted by atomic mass is 10.1. The second kappa shape index (κ2) is 6.50. The Morgan fingerprint density at radius 3 is 2.62 bits per heavy atom. The third kappa shape index (κ3) is 4.04. The predicted octanol–water partition coefficient (Wildman–Crippen LogP) is 2.12. The molecule has 4 heteroatoms. The minimum absolute atomic E-state index is 0.00815. The van der Waals surface area contributed by atoms with Crippen molar-refractivity contribution < 1.29 is 14.3 Å². The van der Waals surface area contributed by atoms with Gasteiger partial charge in [0.25, 0.3) is 0 Å². The Hall–Kier alpha value is -1.97. The van der Waals surface area contributed by atoms with E-state index in [-0.39, 0.29) is 18.2 Å². The highest BCUT2D eigenvalue weighted by molar-refractivity contribution is 5.96. The molecule has 0 bridgehead atoms. The normalized spacial score (nSPS) is 9.50. The summed E-state index contributed by atoms with van der Waals surface area (Å²) in [5, 5.41) is 0. The minimum atomic E-state index is -0.363. The first-order valence-corrected chi connectivity index (χ1v) is 4.97. The van der Waals surface area contributed by atoms with Gasteiger partial charge in [-0.2, -0.15) is 0 Å². The molecule has 0 saturated heterocycles. The zero-order valence-corrected chi connectivity index (χ0v) is 8.89. The van der Waals surface area contributed by atoms with E-state index in [0.29, 0.717) is 18.4 Å². The maximum Gasteiger partial charge on any atom is 0.310 e. The Kier molecular flexibility index (Phi) is 4.92. The molecule has 16 heavy (non-hydrogen) atoms. The number of rotatable bonds is 6. The van der Waals surface area contributed by atoms with Crippen LogP contribution in [0.4, 0.5) is 0 Å². The number of nitrogens with zero attached hydrogens (tertiary/aromatic N) is 1. The molecule has 1 heterocycles. The largest absolute Gasteiger partial charge is 0.435 e. The van der Waals surface area contributed by atoms with E-state index in [2.05, 4.69) is 16.3 Å². The van der Waals surface area contributed by atoms with E-state index < -0.39 is 0 Å². The molecule has 0 radical (unpaired) electrons. The van der Waals surface area contributed by atoms with Crippen LogP contribution < -0.4 is 0 Å². The second-order valence-corrected chi connectivity index (χ2v) is 3.17. The zero-order valence-electron chi connectivity index (χ0n) is 8.89. The van der Waals surface area contributed by atoms with Crippen molar-refractivity contribution in [3.05, 3.63) is 42.9 Å². The molecule has 1 rings (SSSR count). The molecule has 0 fully saturated rings. The monoisotopic (exact) mass is 219 g/mol. The number of carbonyl (C=O) groups is 2. The van der Waals surface area contributed by atoms with Crippen LogP contribution in [0.1, 0.15) is 29.6 Å². The van der Waals surface area contributed by atoms with Gasteiger partial charge in [0.15, 0.2) is 5.78 Å². The average Bonchev–Trinajstić information content (AvgIpc) is 2.30. The van der Waals surface area contributed by atoms with Gasteiger partial charge in [-0.05, 0) is 18.6 Å². The fourth-order valence-electron chi connectivity index (χ4n) is 1.23. The Balaban J connectivity index is 2.31. The Morgan fingerprint density at radius 2 is 2.00 bits per heavy atom. The van der Waals surface area contributed by atoms with Gasteiger partial charge in [-0.1, -0.05) is 6.58 Å². The summed E-state index contributed by atoms with van der Waals surface area (Å²) in [7, 11) is 0. The third-order valence-corrected chi connectivity index (χ3v) is 2.00. The van der Waals surface area contributed by atoms with Crippen molar-refractivity contribution in [3.8, 4) is 0 Å². The van der Waals surface area contributed by atoms with Crippen LogP contribution in [0.3, 0.4) is 0 Å². The number of hydrogen-bond acceptors (Lipinski definition) is 4. The average molecular weight is 219 g/mol. The lowest BCUT2D eigenvalue weighted by molar-refractivity contribution is -0.138. The van der Waals surface area contributed by atoms with E-state index in [1.165, 1.54) is 0 Å². The topological polar surface area (TPSA) is 56.3 Å². The number of pyridine rings is 1. The molecular weight excluding hydrogens is 206 g/mol. The maximum atomic E-state index is 11.6. The predicted molar refractivity (Wildman–Crippen MR) is 58.7 cm³/mol. The Labute approximate surface area is 94.0 Å². The van der Waals surface area contributed by atoms with Gasteiger partial charge in [0.1, 0.15) is 0 Å². The first-order chi connectivity index (χ1) is 7.74. The van der Waals surface area contributed by atoms with Gasteiger partial charge in [-0.15, -0.1) is 0 Å². The number of hydrogen-bond donors (Lipinski definition) is 0. The lowest BCUT2D eigenvalue weighted by Gasteiger charge is -2.00. The molecule has 84 valence electrons. The molecule has 0 amide bonds. The van der Waals surface area contributed by atoms with Crippen LogP contribution in [0, 0.1) is 0 Å². The van der Waals surface area contributed by atoms with E-state index in [9.17, 15) is 9.59 Å². The van der Waals surface area contributed by atoms with Crippen molar-refractivity contribution in [2.45, 2.75) is 19.3 Å². The Morgan fingerprint density at radius 1 is 1.31 bits per heavy atom. The summed E-state index contributed by atoms with van der Waals surface area (Å²) in [5.41, 5.74) is 0.618.